The Morgan fingerprint density at radius 3 is 2.43 bits per heavy atom. The van der Waals surface area contributed by atoms with Crippen LogP contribution in [0.15, 0.2) is 30.3 Å². The van der Waals surface area contributed by atoms with E-state index in [0.29, 0.717) is 6.42 Å². The highest BCUT2D eigenvalue weighted by Crippen LogP contribution is 2.37. The lowest BCUT2D eigenvalue weighted by Gasteiger charge is -2.27. The number of halogens is 1. The van der Waals surface area contributed by atoms with Crippen molar-refractivity contribution in [1.82, 2.24) is 0 Å². The molecule has 1 heterocycles. The minimum atomic E-state index is -0.0249. The first kappa shape index (κ1) is 20.7. The van der Waals surface area contributed by atoms with E-state index >= 15 is 0 Å². The van der Waals surface area contributed by atoms with Gasteiger partial charge in [0.1, 0.15) is 0 Å². The molecule has 0 saturated heterocycles. The molecule has 0 aliphatic carbocycles. The third-order valence-electron chi connectivity index (χ3n) is 5.19. The predicted octanol–water partition coefficient (Wildman–Crippen LogP) is 6.81. The van der Waals surface area contributed by atoms with Gasteiger partial charge in [0.15, 0.2) is 0 Å². The molecule has 0 fully saturated rings. The van der Waals surface area contributed by atoms with E-state index in [0.717, 1.165) is 41.2 Å². The quantitative estimate of drug-likeness (QED) is 0.616. The van der Waals surface area contributed by atoms with E-state index < -0.39 is 0 Å². The second-order valence-corrected chi connectivity index (χ2v) is 9.56. The first-order chi connectivity index (χ1) is 13.1. The Bertz CT molecular complexity index is 860. The van der Waals surface area contributed by atoms with Gasteiger partial charge in [0.2, 0.25) is 5.91 Å². The minimum Gasteiger partial charge on any atom is -0.341 e. The largest absolute Gasteiger partial charge is 0.341 e. The summed E-state index contributed by atoms with van der Waals surface area (Å²) in [6, 6.07) is 10.6. The molecule has 2 aromatic rings. The van der Waals surface area contributed by atoms with Crippen LogP contribution in [0.3, 0.4) is 0 Å². The molecule has 0 atom stereocenters. The number of carbonyl (C=O) groups is 1. The van der Waals surface area contributed by atoms with Gasteiger partial charge in [-0.15, -0.1) is 0 Å². The van der Waals surface area contributed by atoms with Crippen LogP contribution in [0.1, 0.15) is 56.7 Å². The van der Waals surface area contributed by atoms with Gasteiger partial charge in [-0.25, -0.2) is 0 Å². The zero-order chi connectivity index (χ0) is 20.5. The number of hydrogen-bond donors (Lipinski definition) is 1. The highest BCUT2D eigenvalue weighted by Gasteiger charge is 2.20. The molecule has 0 bridgehead atoms. The number of nitrogens with zero attached hydrogens (tertiary/aromatic N) is 1. The van der Waals surface area contributed by atoms with Crippen LogP contribution in [0, 0.1) is 19.3 Å². The molecule has 1 aliphatic heterocycles. The van der Waals surface area contributed by atoms with Gasteiger partial charge in [-0.1, -0.05) is 32.4 Å². The lowest BCUT2D eigenvalue weighted by atomic mass is 9.92. The van der Waals surface area contributed by atoms with Crippen molar-refractivity contribution < 1.29 is 4.79 Å². The summed E-state index contributed by atoms with van der Waals surface area (Å²) in [5, 5.41) is 3.93. The van der Waals surface area contributed by atoms with Crippen LogP contribution in [0.25, 0.3) is 0 Å². The number of benzene rings is 2. The highest BCUT2D eigenvalue weighted by atomic mass is 35.5. The standard InChI is InChI=1S/C24H31ClN2O/c1-16-12-20(13-17(2)23(16)26-22(28)15-24(3,4)5)27-11-7-6-8-18-14-19(25)9-10-21(18)27/h9-10,12-14H,6-8,11,15H2,1-5H3,(H,26,28). The van der Waals surface area contributed by atoms with Gasteiger partial charge in [-0.05, 0) is 85.5 Å². The molecule has 1 aliphatic rings. The van der Waals surface area contributed by atoms with Crippen LogP contribution >= 0.6 is 11.6 Å². The van der Waals surface area contributed by atoms with Crippen LogP contribution in [0.5, 0.6) is 0 Å². The van der Waals surface area contributed by atoms with E-state index in [-0.39, 0.29) is 11.3 Å². The van der Waals surface area contributed by atoms with Crippen LogP contribution < -0.4 is 10.2 Å². The molecule has 0 aromatic heterocycles. The smallest absolute Gasteiger partial charge is 0.224 e. The average molecular weight is 399 g/mol. The van der Waals surface area contributed by atoms with E-state index in [9.17, 15) is 4.79 Å². The molecule has 0 radical (unpaired) electrons. The predicted molar refractivity (Wildman–Crippen MR) is 120 cm³/mol. The van der Waals surface area contributed by atoms with E-state index in [4.69, 9.17) is 11.6 Å². The summed E-state index contributed by atoms with van der Waals surface area (Å²) in [7, 11) is 0. The molecule has 1 N–H and O–H groups in total. The number of hydrogen-bond acceptors (Lipinski definition) is 2. The fourth-order valence-corrected chi connectivity index (χ4v) is 4.15. The van der Waals surface area contributed by atoms with Crippen LogP contribution in [0.2, 0.25) is 5.02 Å². The van der Waals surface area contributed by atoms with Gasteiger partial charge >= 0.3 is 0 Å². The van der Waals surface area contributed by atoms with Gasteiger partial charge in [0, 0.05) is 35.1 Å². The summed E-state index contributed by atoms with van der Waals surface area (Å²) >= 11 is 6.23. The Hall–Kier alpha value is -2.00. The van der Waals surface area contributed by atoms with Gasteiger partial charge in [-0.2, -0.15) is 0 Å². The number of rotatable bonds is 3. The van der Waals surface area contributed by atoms with Crippen molar-refractivity contribution in [2.45, 2.75) is 60.3 Å². The maximum Gasteiger partial charge on any atom is 0.224 e. The van der Waals surface area contributed by atoms with Gasteiger partial charge in [-0.3, -0.25) is 4.79 Å². The molecule has 3 rings (SSSR count). The molecule has 0 spiro atoms. The first-order valence-electron chi connectivity index (χ1n) is 10.1. The summed E-state index contributed by atoms with van der Waals surface area (Å²) in [4.78, 5) is 14.8. The Morgan fingerprint density at radius 2 is 1.79 bits per heavy atom. The third kappa shape index (κ3) is 4.88. The summed E-state index contributed by atoms with van der Waals surface area (Å²) in [5.41, 5.74) is 6.82. The van der Waals surface area contributed by atoms with E-state index in [2.05, 4.69) is 69.1 Å². The summed E-state index contributed by atoms with van der Waals surface area (Å²) in [6.07, 6.45) is 3.89. The fraction of sp³-hybridized carbons (Fsp3) is 0.458. The lowest BCUT2D eigenvalue weighted by molar-refractivity contribution is -0.117. The Morgan fingerprint density at radius 1 is 1.11 bits per heavy atom. The highest BCUT2D eigenvalue weighted by molar-refractivity contribution is 6.30. The normalized spacial score (nSPS) is 14.4. The monoisotopic (exact) mass is 398 g/mol. The number of fused-ring (bicyclic) bond motifs is 1. The fourth-order valence-electron chi connectivity index (χ4n) is 3.95. The van der Waals surface area contributed by atoms with Crippen molar-refractivity contribution in [1.29, 1.82) is 0 Å². The molecular weight excluding hydrogens is 368 g/mol. The van der Waals surface area contributed by atoms with Crippen molar-refractivity contribution in [2.75, 3.05) is 16.8 Å². The lowest BCUT2D eigenvalue weighted by Crippen LogP contribution is -2.21. The first-order valence-corrected chi connectivity index (χ1v) is 10.5. The molecule has 28 heavy (non-hydrogen) atoms. The van der Waals surface area contributed by atoms with Crippen molar-refractivity contribution in [2.24, 2.45) is 5.41 Å². The van der Waals surface area contributed by atoms with Crippen LogP contribution in [-0.4, -0.2) is 12.5 Å². The minimum absolute atomic E-state index is 0.0249. The average Bonchev–Trinajstić information content (AvgIpc) is 2.78. The summed E-state index contributed by atoms with van der Waals surface area (Å²) in [5.74, 6) is 0.0706. The molecule has 1 amide bonds. The van der Waals surface area contributed by atoms with Gasteiger partial charge in [0.25, 0.3) is 0 Å². The molecule has 3 nitrogen and oxygen atoms in total. The number of carbonyl (C=O) groups excluding carboxylic acids is 1. The van der Waals surface area contributed by atoms with Crippen molar-refractivity contribution in [3.8, 4) is 0 Å². The Labute approximate surface area is 174 Å². The van der Waals surface area contributed by atoms with Crippen molar-refractivity contribution in [3.63, 3.8) is 0 Å². The number of aryl methyl sites for hydroxylation is 3. The maximum atomic E-state index is 12.4. The SMILES string of the molecule is Cc1cc(N2CCCCc3cc(Cl)ccc32)cc(C)c1NC(=O)CC(C)(C)C. The zero-order valence-corrected chi connectivity index (χ0v) is 18.4. The maximum absolute atomic E-state index is 12.4. The number of nitrogens with one attached hydrogen (secondary N) is 1. The third-order valence-corrected chi connectivity index (χ3v) is 5.43. The van der Waals surface area contributed by atoms with Gasteiger partial charge in [0.05, 0.1) is 0 Å². The Balaban J connectivity index is 1.92. The molecule has 150 valence electrons. The van der Waals surface area contributed by atoms with Crippen LogP contribution in [-0.2, 0) is 11.2 Å². The molecule has 2 aromatic carbocycles. The topological polar surface area (TPSA) is 32.3 Å². The van der Waals surface area contributed by atoms with E-state index in [1.54, 1.807) is 0 Å². The Kier molecular flexibility index (Phi) is 6.04. The number of amides is 1. The van der Waals surface area contributed by atoms with Gasteiger partial charge < -0.3 is 10.2 Å². The molecular formula is C24H31ClN2O. The summed E-state index contributed by atoms with van der Waals surface area (Å²) in [6.45, 7) is 11.4. The van der Waals surface area contributed by atoms with E-state index in [1.807, 2.05) is 6.07 Å². The molecule has 4 heteroatoms. The number of anilines is 3. The second kappa shape index (κ2) is 8.16. The summed E-state index contributed by atoms with van der Waals surface area (Å²) < 4.78 is 0. The second-order valence-electron chi connectivity index (χ2n) is 9.12. The molecule has 0 saturated carbocycles. The van der Waals surface area contributed by atoms with Crippen molar-refractivity contribution in [3.05, 3.63) is 52.0 Å². The zero-order valence-electron chi connectivity index (χ0n) is 17.7. The van der Waals surface area contributed by atoms with Crippen LogP contribution in [0.4, 0.5) is 17.1 Å². The van der Waals surface area contributed by atoms with E-state index in [1.165, 1.54) is 23.4 Å². The van der Waals surface area contributed by atoms with Crippen molar-refractivity contribution >= 4 is 34.6 Å². The molecule has 0 unspecified atom stereocenters.